The van der Waals surface area contributed by atoms with Crippen LogP contribution in [0.15, 0.2) is 36.4 Å². The van der Waals surface area contributed by atoms with Gasteiger partial charge in [-0.15, -0.1) is 0 Å². The summed E-state index contributed by atoms with van der Waals surface area (Å²) in [6, 6.07) is 8.46. The Labute approximate surface area is 143 Å². The average Bonchev–Trinajstić information content (AvgIpc) is 2.55. The van der Waals surface area contributed by atoms with Crippen LogP contribution in [0.3, 0.4) is 0 Å². The SMILES string of the molecule is COc1ccc(NC(=O)C[NH2+][C@@H](C)c2ccc(F)c(F)c2)cc1Cl. The molecule has 0 aromatic heterocycles. The van der Waals surface area contributed by atoms with E-state index in [-0.39, 0.29) is 18.5 Å². The van der Waals surface area contributed by atoms with Gasteiger partial charge in [-0.05, 0) is 43.3 Å². The largest absolute Gasteiger partial charge is 0.495 e. The lowest BCUT2D eigenvalue weighted by Gasteiger charge is -2.12. The van der Waals surface area contributed by atoms with Crippen LogP contribution in [0.2, 0.25) is 5.02 Å². The molecule has 0 saturated carbocycles. The standard InChI is InChI=1S/C17H17ClF2N2O2/c1-10(11-3-5-14(19)15(20)7-11)21-9-17(23)22-12-4-6-16(24-2)13(18)8-12/h3-8,10,21H,9H2,1-2H3,(H,22,23)/p+1/t10-/m0/s1. The van der Waals surface area contributed by atoms with E-state index in [4.69, 9.17) is 16.3 Å². The molecule has 0 radical (unpaired) electrons. The van der Waals surface area contributed by atoms with E-state index in [1.54, 1.807) is 23.5 Å². The molecular formula is C17H18ClF2N2O2+. The number of carbonyl (C=O) groups excluding carboxylic acids is 1. The molecule has 0 spiro atoms. The maximum atomic E-state index is 13.2. The molecule has 0 saturated heterocycles. The van der Waals surface area contributed by atoms with E-state index in [2.05, 4.69) is 5.32 Å². The fourth-order valence-electron chi connectivity index (χ4n) is 2.17. The van der Waals surface area contributed by atoms with Gasteiger partial charge in [0.1, 0.15) is 11.8 Å². The van der Waals surface area contributed by atoms with Gasteiger partial charge in [-0.2, -0.15) is 0 Å². The van der Waals surface area contributed by atoms with E-state index >= 15 is 0 Å². The van der Waals surface area contributed by atoms with Crippen LogP contribution < -0.4 is 15.4 Å². The van der Waals surface area contributed by atoms with E-state index in [0.717, 1.165) is 12.1 Å². The molecule has 2 rings (SSSR count). The maximum absolute atomic E-state index is 13.2. The van der Waals surface area contributed by atoms with Gasteiger partial charge in [-0.3, -0.25) is 4.79 Å². The number of quaternary nitrogens is 1. The Morgan fingerprint density at radius 2 is 2.00 bits per heavy atom. The summed E-state index contributed by atoms with van der Waals surface area (Å²) >= 11 is 6.00. The van der Waals surface area contributed by atoms with Gasteiger partial charge in [0, 0.05) is 11.3 Å². The Bertz CT molecular complexity index is 741. The van der Waals surface area contributed by atoms with E-state index < -0.39 is 11.6 Å². The molecule has 2 aromatic rings. The summed E-state index contributed by atoms with van der Waals surface area (Å²) in [4.78, 5) is 12.0. The lowest BCUT2D eigenvalue weighted by molar-refractivity contribution is -0.682. The molecule has 1 atom stereocenters. The van der Waals surface area contributed by atoms with Crippen LogP contribution in [-0.4, -0.2) is 19.6 Å². The molecule has 24 heavy (non-hydrogen) atoms. The highest BCUT2D eigenvalue weighted by Gasteiger charge is 2.14. The van der Waals surface area contributed by atoms with Crippen molar-refractivity contribution in [1.29, 1.82) is 0 Å². The smallest absolute Gasteiger partial charge is 0.279 e. The zero-order chi connectivity index (χ0) is 17.7. The minimum atomic E-state index is -0.898. The van der Waals surface area contributed by atoms with Crippen LogP contribution in [0.5, 0.6) is 5.75 Å². The number of hydrogen-bond donors (Lipinski definition) is 2. The lowest BCUT2D eigenvalue weighted by atomic mass is 10.1. The predicted molar refractivity (Wildman–Crippen MR) is 88.2 cm³/mol. The minimum absolute atomic E-state index is 0.129. The van der Waals surface area contributed by atoms with Crippen molar-refractivity contribution >= 4 is 23.2 Å². The molecule has 0 heterocycles. The first-order valence-corrected chi connectivity index (χ1v) is 7.70. The van der Waals surface area contributed by atoms with Gasteiger partial charge >= 0.3 is 0 Å². The summed E-state index contributed by atoms with van der Waals surface area (Å²) in [7, 11) is 1.51. The second kappa shape index (κ2) is 8.08. The number of nitrogens with two attached hydrogens (primary N) is 1. The maximum Gasteiger partial charge on any atom is 0.279 e. The van der Waals surface area contributed by atoms with Crippen LogP contribution >= 0.6 is 11.6 Å². The van der Waals surface area contributed by atoms with Gasteiger partial charge in [0.2, 0.25) is 0 Å². The van der Waals surface area contributed by atoms with E-state index in [1.807, 2.05) is 6.92 Å². The van der Waals surface area contributed by atoms with Crippen LogP contribution in [0, 0.1) is 11.6 Å². The van der Waals surface area contributed by atoms with Crippen molar-refractivity contribution in [3.63, 3.8) is 0 Å². The van der Waals surface area contributed by atoms with Crippen molar-refractivity contribution in [1.82, 2.24) is 0 Å². The van der Waals surface area contributed by atoms with Crippen molar-refractivity contribution < 1.29 is 23.6 Å². The molecule has 4 nitrogen and oxygen atoms in total. The molecule has 0 aliphatic heterocycles. The number of carbonyl (C=O) groups is 1. The van der Waals surface area contributed by atoms with Crippen molar-refractivity contribution in [2.75, 3.05) is 19.0 Å². The molecule has 0 bridgehead atoms. The number of rotatable bonds is 6. The van der Waals surface area contributed by atoms with Gasteiger partial charge in [-0.25, -0.2) is 8.78 Å². The van der Waals surface area contributed by atoms with Crippen LogP contribution in [0.25, 0.3) is 0 Å². The number of benzene rings is 2. The molecule has 0 aliphatic carbocycles. The van der Waals surface area contributed by atoms with Crippen LogP contribution in [0.1, 0.15) is 18.5 Å². The Kier molecular flexibility index (Phi) is 6.11. The van der Waals surface area contributed by atoms with E-state index in [1.165, 1.54) is 13.2 Å². The number of ether oxygens (including phenoxy) is 1. The minimum Gasteiger partial charge on any atom is -0.495 e. The highest BCUT2D eigenvalue weighted by molar-refractivity contribution is 6.32. The Balaban J connectivity index is 1.90. The molecular weight excluding hydrogens is 338 g/mol. The second-order valence-electron chi connectivity index (χ2n) is 5.30. The number of methoxy groups -OCH3 is 1. The van der Waals surface area contributed by atoms with Crippen molar-refractivity contribution in [3.8, 4) is 5.75 Å². The van der Waals surface area contributed by atoms with Gasteiger partial charge in [0.05, 0.1) is 12.1 Å². The Morgan fingerprint density at radius 3 is 2.62 bits per heavy atom. The summed E-state index contributed by atoms with van der Waals surface area (Å²) in [6.45, 7) is 1.94. The molecule has 2 aromatic carbocycles. The Hall–Kier alpha value is -2.18. The summed E-state index contributed by atoms with van der Waals surface area (Å²) in [5.41, 5.74) is 1.16. The van der Waals surface area contributed by atoms with Gasteiger partial charge in [0.15, 0.2) is 18.2 Å². The van der Waals surface area contributed by atoms with E-state index in [0.29, 0.717) is 22.0 Å². The van der Waals surface area contributed by atoms with Crippen molar-refractivity contribution in [2.24, 2.45) is 0 Å². The molecule has 7 heteroatoms. The number of nitrogens with one attached hydrogen (secondary N) is 1. The summed E-state index contributed by atoms with van der Waals surface area (Å²) < 4.78 is 31.2. The molecule has 0 aliphatic rings. The zero-order valence-corrected chi connectivity index (χ0v) is 14.0. The predicted octanol–water partition coefficient (Wildman–Crippen LogP) is 2.89. The molecule has 128 valence electrons. The number of halogens is 3. The van der Waals surface area contributed by atoms with E-state index in [9.17, 15) is 13.6 Å². The van der Waals surface area contributed by atoms with Gasteiger partial charge in [0.25, 0.3) is 5.91 Å². The topological polar surface area (TPSA) is 54.9 Å². The summed E-state index contributed by atoms with van der Waals surface area (Å²) in [5, 5.41) is 4.84. The third kappa shape index (κ3) is 4.66. The first-order chi connectivity index (χ1) is 11.4. The van der Waals surface area contributed by atoms with Gasteiger partial charge < -0.3 is 15.4 Å². The molecule has 3 N–H and O–H groups in total. The Morgan fingerprint density at radius 1 is 1.25 bits per heavy atom. The zero-order valence-electron chi connectivity index (χ0n) is 13.3. The fourth-order valence-corrected chi connectivity index (χ4v) is 2.43. The number of amides is 1. The lowest BCUT2D eigenvalue weighted by Crippen LogP contribution is -2.86. The molecule has 0 unspecified atom stereocenters. The number of hydrogen-bond acceptors (Lipinski definition) is 2. The first kappa shape index (κ1) is 18.2. The number of anilines is 1. The highest BCUT2D eigenvalue weighted by Crippen LogP contribution is 2.27. The first-order valence-electron chi connectivity index (χ1n) is 7.32. The fraction of sp³-hybridized carbons (Fsp3) is 0.235. The van der Waals surface area contributed by atoms with Gasteiger partial charge in [-0.1, -0.05) is 11.6 Å². The van der Waals surface area contributed by atoms with Crippen LogP contribution in [0.4, 0.5) is 14.5 Å². The normalized spacial score (nSPS) is 11.9. The highest BCUT2D eigenvalue weighted by atomic mass is 35.5. The molecule has 0 fully saturated rings. The van der Waals surface area contributed by atoms with Crippen molar-refractivity contribution in [2.45, 2.75) is 13.0 Å². The summed E-state index contributed by atoms with van der Waals surface area (Å²) in [6.07, 6.45) is 0. The van der Waals surface area contributed by atoms with Crippen LogP contribution in [-0.2, 0) is 4.79 Å². The summed E-state index contributed by atoms with van der Waals surface area (Å²) in [5.74, 6) is -1.50. The third-order valence-corrected chi connectivity index (χ3v) is 3.86. The average molecular weight is 356 g/mol. The monoisotopic (exact) mass is 355 g/mol. The third-order valence-electron chi connectivity index (χ3n) is 3.56. The second-order valence-corrected chi connectivity index (χ2v) is 5.71. The molecule has 1 amide bonds. The van der Waals surface area contributed by atoms with Crippen molar-refractivity contribution in [3.05, 3.63) is 58.6 Å². The quantitative estimate of drug-likeness (QED) is 0.837.